The molecular formula is C24H29BINO8. The van der Waals surface area contributed by atoms with E-state index in [0.29, 0.717) is 52.5 Å². The molecule has 4 atom stereocenters. The maximum Gasteiger partial charge on any atom is 0.487 e. The van der Waals surface area contributed by atoms with Crippen molar-refractivity contribution in [2.75, 3.05) is 13.7 Å². The Labute approximate surface area is 217 Å². The van der Waals surface area contributed by atoms with Gasteiger partial charge in [0.05, 0.1) is 28.6 Å². The molecule has 2 aliphatic heterocycles. The molecule has 1 aromatic carbocycles. The number of methoxy groups -OCH3 is 1. The number of aliphatic carboxylic acids is 1. The summed E-state index contributed by atoms with van der Waals surface area (Å²) in [7, 11) is 0.269. The van der Waals surface area contributed by atoms with Gasteiger partial charge in [-0.2, -0.15) is 0 Å². The SMILES string of the molecule is COc1cc([C@@H]2C[C@@H]3C(=C(C)C[C@@H]4C(=O)N(CCCCCC(=O)O)C(=O)[C@@H]43)B(O)O2)cc(I)c1O. The van der Waals surface area contributed by atoms with Gasteiger partial charge in [0.2, 0.25) is 11.8 Å². The fraction of sp³-hybridized carbons (Fsp3) is 0.542. The monoisotopic (exact) mass is 597 g/mol. The lowest BCUT2D eigenvalue weighted by Crippen LogP contribution is -2.44. The molecular weight excluding hydrogens is 568 g/mol. The Hall–Kier alpha value is -2.12. The molecule has 2 saturated heterocycles. The van der Waals surface area contributed by atoms with Crippen molar-refractivity contribution >= 4 is 47.5 Å². The van der Waals surface area contributed by atoms with E-state index < -0.39 is 31.0 Å². The predicted octanol–water partition coefficient (Wildman–Crippen LogP) is 3.07. The third-order valence-corrected chi connectivity index (χ3v) is 8.18. The van der Waals surface area contributed by atoms with E-state index in [-0.39, 0.29) is 36.4 Å². The number of benzene rings is 1. The van der Waals surface area contributed by atoms with Crippen molar-refractivity contribution in [1.82, 2.24) is 4.90 Å². The Balaban J connectivity index is 1.56. The fourth-order valence-electron chi connectivity index (χ4n) is 5.71. The number of carboxylic acid groups (broad SMARTS) is 1. The summed E-state index contributed by atoms with van der Waals surface area (Å²) < 4.78 is 11.8. The largest absolute Gasteiger partial charge is 0.504 e. The molecule has 3 aliphatic rings. The fourth-order valence-corrected chi connectivity index (χ4v) is 6.34. The number of ether oxygens (including phenoxy) is 1. The molecule has 11 heteroatoms. The molecule has 0 saturated carbocycles. The van der Waals surface area contributed by atoms with E-state index >= 15 is 0 Å². The minimum Gasteiger partial charge on any atom is -0.504 e. The summed E-state index contributed by atoms with van der Waals surface area (Å²) >= 11 is 2.00. The van der Waals surface area contributed by atoms with Gasteiger partial charge >= 0.3 is 13.1 Å². The summed E-state index contributed by atoms with van der Waals surface area (Å²) in [6.07, 6.45) is 2.05. The van der Waals surface area contributed by atoms with E-state index in [1.54, 1.807) is 12.1 Å². The van der Waals surface area contributed by atoms with Crippen molar-refractivity contribution in [3.8, 4) is 11.5 Å². The van der Waals surface area contributed by atoms with E-state index in [0.717, 1.165) is 5.57 Å². The van der Waals surface area contributed by atoms with Gasteiger partial charge in [-0.15, -0.1) is 0 Å². The minimum absolute atomic E-state index is 0.0259. The number of imide groups is 1. The number of unbranched alkanes of at least 4 members (excludes halogenated alkanes) is 2. The number of aromatic hydroxyl groups is 1. The Morgan fingerprint density at radius 3 is 2.66 bits per heavy atom. The molecule has 0 spiro atoms. The van der Waals surface area contributed by atoms with Crippen LogP contribution in [0.15, 0.2) is 23.2 Å². The number of rotatable bonds is 8. The van der Waals surface area contributed by atoms with Crippen LogP contribution in [0.1, 0.15) is 57.1 Å². The van der Waals surface area contributed by atoms with Crippen LogP contribution in [0.3, 0.4) is 0 Å². The van der Waals surface area contributed by atoms with Gasteiger partial charge in [-0.25, -0.2) is 0 Å². The third-order valence-electron chi connectivity index (χ3n) is 7.36. The molecule has 0 radical (unpaired) electrons. The van der Waals surface area contributed by atoms with Crippen LogP contribution < -0.4 is 4.74 Å². The quantitative estimate of drug-likeness (QED) is 0.180. The van der Waals surface area contributed by atoms with Crippen LogP contribution in [-0.4, -0.2) is 58.7 Å². The summed E-state index contributed by atoms with van der Waals surface area (Å²) in [6, 6.07) is 3.44. The van der Waals surface area contributed by atoms with Gasteiger partial charge in [0, 0.05) is 13.0 Å². The molecule has 188 valence electrons. The number of carbonyl (C=O) groups excluding carboxylic acids is 2. The molecule has 0 bridgehead atoms. The van der Waals surface area contributed by atoms with Gasteiger partial charge in [0.15, 0.2) is 11.5 Å². The zero-order chi connectivity index (χ0) is 25.4. The number of allylic oxidation sites excluding steroid dienone is 2. The first-order valence-electron chi connectivity index (χ1n) is 11.8. The van der Waals surface area contributed by atoms with Crippen molar-refractivity contribution < 1.29 is 39.0 Å². The van der Waals surface area contributed by atoms with E-state index in [1.807, 2.05) is 29.5 Å². The first kappa shape index (κ1) is 26.0. The highest BCUT2D eigenvalue weighted by atomic mass is 127. The first-order valence-corrected chi connectivity index (χ1v) is 12.9. The third kappa shape index (κ3) is 4.95. The van der Waals surface area contributed by atoms with Crippen LogP contribution in [-0.2, 0) is 19.0 Å². The van der Waals surface area contributed by atoms with Crippen LogP contribution in [0.25, 0.3) is 0 Å². The van der Waals surface area contributed by atoms with E-state index in [4.69, 9.17) is 14.5 Å². The van der Waals surface area contributed by atoms with Crippen molar-refractivity contribution in [3.63, 3.8) is 0 Å². The Morgan fingerprint density at radius 1 is 1.23 bits per heavy atom. The lowest BCUT2D eigenvalue weighted by Gasteiger charge is -2.41. The lowest BCUT2D eigenvalue weighted by molar-refractivity contribution is -0.141. The number of phenols is 1. The van der Waals surface area contributed by atoms with E-state index in [2.05, 4.69) is 0 Å². The second-order valence-electron chi connectivity index (χ2n) is 9.48. The van der Waals surface area contributed by atoms with Crippen molar-refractivity contribution in [3.05, 3.63) is 32.3 Å². The standard InChI is InChI=1S/C24H29BINO8/c1-12-8-15-20(24(32)27(23(15)31)7-5-3-4-6-19(28)29)14-11-17(35-25(33)21(12)14)13-9-16(26)22(30)18(10-13)34-2/h9-10,14-15,17,20,30,33H,3-8,11H2,1-2H3,(H,28,29)/t14-,15-,17-,20+/m0/s1. The highest BCUT2D eigenvalue weighted by Gasteiger charge is 2.57. The Kier molecular flexibility index (Phi) is 7.77. The zero-order valence-electron chi connectivity index (χ0n) is 19.7. The Bertz CT molecular complexity index is 1080. The van der Waals surface area contributed by atoms with Crippen molar-refractivity contribution in [2.24, 2.45) is 17.8 Å². The van der Waals surface area contributed by atoms with Crippen molar-refractivity contribution in [2.45, 2.75) is 51.6 Å². The molecule has 0 unspecified atom stereocenters. The number of amides is 2. The highest BCUT2D eigenvalue weighted by Crippen LogP contribution is 2.51. The first-order chi connectivity index (χ1) is 16.6. The average Bonchev–Trinajstić information content (AvgIpc) is 3.04. The smallest absolute Gasteiger partial charge is 0.487 e. The number of halogens is 1. The van der Waals surface area contributed by atoms with Crippen LogP contribution in [0.5, 0.6) is 11.5 Å². The van der Waals surface area contributed by atoms with Crippen LogP contribution in [0.4, 0.5) is 0 Å². The summed E-state index contributed by atoms with van der Waals surface area (Å²) in [6.45, 7) is 2.16. The molecule has 3 N–H and O–H groups in total. The van der Waals surface area contributed by atoms with E-state index in [9.17, 15) is 24.5 Å². The molecule has 2 heterocycles. The maximum absolute atomic E-state index is 13.4. The number of carbonyl (C=O) groups is 3. The average molecular weight is 597 g/mol. The number of likely N-dealkylation sites (tertiary alicyclic amines) is 1. The van der Waals surface area contributed by atoms with Gasteiger partial charge in [-0.05, 0) is 84.3 Å². The molecule has 35 heavy (non-hydrogen) atoms. The zero-order valence-corrected chi connectivity index (χ0v) is 21.9. The van der Waals surface area contributed by atoms with Crippen LogP contribution in [0.2, 0.25) is 0 Å². The second-order valence-corrected chi connectivity index (χ2v) is 10.6. The molecule has 4 rings (SSSR count). The van der Waals surface area contributed by atoms with E-state index in [1.165, 1.54) is 12.0 Å². The molecule has 0 aromatic heterocycles. The predicted molar refractivity (Wildman–Crippen MR) is 134 cm³/mol. The molecule has 1 aromatic rings. The summed E-state index contributed by atoms with van der Waals surface area (Å²) in [5.74, 6) is -2.30. The van der Waals surface area contributed by atoms with Crippen LogP contribution in [0, 0.1) is 21.3 Å². The number of carboxylic acids is 1. The van der Waals surface area contributed by atoms with Gasteiger partial charge in [0.25, 0.3) is 0 Å². The molecule has 2 amide bonds. The number of hydrogen-bond acceptors (Lipinski definition) is 7. The molecule has 9 nitrogen and oxygen atoms in total. The van der Waals surface area contributed by atoms with Crippen LogP contribution >= 0.6 is 22.6 Å². The summed E-state index contributed by atoms with van der Waals surface area (Å²) in [5, 5.41) is 29.9. The molecule has 2 fully saturated rings. The number of fused-ring (bicyclic) bond motifs is 3. The highest BCUT2D eigenvalue weighted by molar-refractivity contribution is 14.1. The summed E-state index contributed by atoms with van der Waals surface area (Å²) in [5.41, 5.74) is 2.28. The number of nitrogens with zero attached hydrogens (tertiary/aromatic N) is 1. The molecule has 1 aliphatic carbocycles. The number of hydrogen-bond donors (Lipinski definition) is 3. The maximum atomic E-state index is 13.4. The van der Waals surface area contributed by atoms with Gasteiger partial charge in [-0.1, -0.05) is 12.0 Å². The lowest BCUT2D eigenvalue weighted by atomic mass is 9.55. The normalized spacial score (nSPS) is 26.2. The van der Waals surface area contributed by atoms with Gasteiger partial charge < -0.3 is 24.6 Å². The Morgan fingerprint density at radius 2 is 1.97 bits per heavy atom. The summed E-state index contributed by atoms with van der Waals surface area (Å²) in [4.78, 5) is 38.7. The van der Waals surface area contributed by atoms with Gasteiger partial charge in [-0.3, -0.25) is 19.3 Å². The number of phenolic OH excluding ortho intramolecular Hbond substituents is 1. The second kappa shape index (κ2) is 10.5. The minimum atomic E-state index is -1.19. The van der Waals surface area contributed by atoms with Gasteiger partial charge in [0.1, 0.15) is 0 Å². The topological polar surface area (TPSA) is 134 Å². The van der Waals surface area contributed by atoms with Crippen molar-refractivity contribution in [1.29, 1.82) is 0 Å².